The summed E-state index contributed by atoms with van der Waals surface area (Å²) < 4.78 is 0. The van der Waals surface area contributed by atoms with Gasteiger partial charge in [0.2, 0.25) is 0 Å². The molecule has 6 heteroatoms. The van der Waals surface area contributed by atoms with Gasteiger partial charge >= 0.3 is 0 Å². The van der Waals surface area contributed by atoms with E-state index in [1.165, 1.54) is 0 Å². The van der Waals surface area contributed by atoms with Crippen LogP contribution in [0.15, 0.2) is 54.6 Å². The smallest absolute Gasteiger partial charge is 0.269 e. The number of nitrogens with zero attached hydrogens (tertiary/aromatic N) is 1. The SMILES string of the molecule is O=C(NCc1ccccc1CO)c1cc(-c2ccccc2Cl)n[nH]1. The highest BCUT2D eigenvalue weighted by Crippen LogP contribution is 2.26. The molecule has 2 aromatic carbocycles. The van der Waals surface area contributed by atoms with Gasteiger partial charge in [0.15, 0.2) is 0 Å². The summed E-state index contributed by atoms with van der Waals surface area (Å²) in [6.45, 7) is 0.267. The number of benzene rings is 2. The van der Waals surface area contributed by atoms with E-state index >= 15 is 0 Å². The number of rotatable bonds is 5. The maximum Gasteiger partial charge on any atom is 0.269 e. The zero-order valence-electron chi connectivity index (χ0n) is 12.8. The topological polar surface area (TPSA) is 78.0 Å². The van der Waals surface area contributed by atoms with Gasteiger partial charge in [-0.3, -0.25) is 9.89 Å². The van der Waals surface area contributed by atoms with Crippen LogP contribution in [0.4, 0.5) is 0 Å². The fraction of sp³-hybridized carbons (Fsp3) is 0.111. The molecular formula is C18H16ClN3O2. The Labute approximate surface area is 144 Å². The Morgan fingerprint density at radius 2 is 1.83 bits per heavy atom. The molecule has 3 aromatic rings. The first-order chi connectivity index (χ1) is 11.7. The van der Waals surface area contributed by atoms with Crippen molar-refractivity contribution in [1.82, 2.24) is 15.5 Å². The lowest BCUT2D eigenvalue weighted by Crippen LogP contribution is -2.23. The Balaban J connectivity index is 1.71. The molecule has 0 aliphatic heterocycles. The highest BCUT2D eigenvalue weighted by Gasteiger charge is 2.13. The van der Waals surface area contributed by atoms with Crippen molar-refractivity contribution in [2.75, 3.05) is 0 Å². The van der Waals surface area contributed by atoms with Crippen LogP contribution in [0, 0.1) is 0 Å². The van der Waals surface area contributed by atoms with Crippen molar-refractivity contribution in [2.24, 2.45) is 0 Å². The van der Waals surface area contributed by atoms with Gasteiger partial charge in [-0.1, -0.05) is 54.1 Å². The largest absolute Gasteiger partial charge is 0.392 e. The van der Waals surface area contributed by atoms with Crippen molar-refractivity contribution in [3.8, 4) is 11.3 Å². The molecule has 24 heavy (non-hydrogen) atoms. The van der Waals surface area contributed by atoms with E-state index in [2.05, 4.69) is 15.5 Å². The number of halogens is 1. The van der Waals surface area contributed by atoms with Crippen molar-refractivity contribution in [3.63, 3.8) is 0 Å². The number of nitrogens with one attached hydrogen (secondary N) is 2. The third-order valence-corrected chi connectivity index (χ3v) is 4.03. The van der Waals surface area contributed by atoms with Crippen LogP contribution in [0.5, 0.6) is 0 Å². The molecule has 1 aromatic heterocycles. The first kappa shape index (κ1) is 16.2. The molecule has 0 unspecified atom stereocenters. The molecule has 122 valence electrons. The Morgan fingerprint density at radius 1 is 1.12 bits per heavy atom. The fourth-order valence-corrected chi connectivity index (χ4v) is 2.63. The van der Waals surface area contributed by atoms with E-state index in [0.717, 1.165) is 16.7 Å². The number of aliphatic hydroxyl groups is 1. The van der Waals surface area contributed by atoms with E-state index in [-0.39, 0.29) is 12.5 Å². The predicted octanol–water partition coefficient (Wildman–Crippen LogP) is 3.15. The molecule has 0 spiro atoms. The summed E-state index contributed by atoms with van der Waals surface area (Å²) >= 11 is 6.14. The molecule has 0 radical (unpaired) electrons. The van der Waals surface area contributed by atoms with E-state index in [1.807, 2.05) is 42.5 Å². The number of hydrogen-bond acceptors (Lipinski definition) is 3. The van der Waals surface area contributed by atoms with Gasteiger partial charge in [0.1, 0.15) is 5.69 Å². The molecular weight excluding hydrogens is 326 g/mol. The third kappa shape index (κ3) is 3.48. The van der Waals surface area contributed by atoms with Crippen LogP contribution < -0.4 is 5.32 Å². The van der Waals surface area contributed by atoms with Gasteiger partial charge in [-0.15, -0.1) is 0 Å². The summed E-state index contributed by atoms with van der Waals surface area (Å²) in [5.74, 6) is -0.270. The standard InChI is InChI=1S/C18H16ClN3O2/c19-15-8-4-3-7-14(15)16-9-17(22-21-16)18(24)20-10-12-5-1-2-6-13(12)11-23/h1-9,23H,10-11H2,(H,20,24)(H,21,22). The number of aliphatic hydroxyl groups excluding tert-OH is 1. The highest BCUT2D eigenvalue weighted by molar-refractivity contribution is 6.33. The van der Waals surface area contributed by atoms with E-state index in [0.29, 0.717) is 23.0 Å². The summed E-state index contributed by atoms with van der Waals surface area (Å²) in [5, 5.41) is 19.6. The number of aromatic nitrogens is 2. The Bertz CT molecular complexity index is 861. The van der Waals surface area contributed by atoms with Gasteiger partial charge in [-0.25, -0.2) is 0 Å². The molecule has 0 saturated heterocycles. The minimum Gasteiger partial charge on any atom is -0.392 e. The molecule has 0 atom stereocenters. The summed E-state index contributed by atoms with van der Waals surface area (Å²) in [6, 6.07) is 16.4. The molecule has 3 rings (SSSR count). The molecule has 0 aliphatic rings. The van der Waals surface area contributed by atoms with Crippen LogP contribution in [0.25, 0.3) is 11.3 Å². The number of carbonyl (C=O) groups excluding carboxylic acids is 1. The van der Waals surface area contributed by atoms with Crippen molar-refractivity contribution < 1.29 is 9.90 Å². The minimum absolute atomic E-state index is 0.0627. The van der Waals surface area contributed by atoms with Gasteiger partial charge in [0.05, 0.1) is 17.3 Å². The van der Waals surface area contributed by atoms with Crippen molar-refractivity contribution in [2.45, 2.75) is 13.2 Å². The molecule has 0 bridgehead atoms. The fourth-order valence-electron chi connectivity index (χ4n) is 2.40. The first-order valence-electron chi connectivity index (χ1n) is 7.45. The monoisotopic (exact) mass is 341 g/mol. The number of amides is 1. The van der Waals surface area contributed by atoms with Gasteiger partial charge in [-0.2, -0.15) is 5.10 Å². The summed E-state index contributed by atoms with van der Waals surface area (Å²) in [6.07, 6.45) is 0. The van der Waals surface area contributed by atoms with Crippen LogP contribution in [0.1, 0.15) is 21.6 Å². The second kappa shape index (κ2) is 7.29. The Morgan fingerprint density at radius 3 is 2.58 bits per heavy atom. The molecule has 0 aliphatic carbocycles. The average Bonchev–Trinajstić information content (AvgIpc) is 3.10. The van der Waals surface area contributed by atoms with E-state index in [9.17, 15) is 9.90 Å². The van der Waals surface area contributed by atoms with Crippen molar-refractivity contribution in [1.29, 1.82) is 0 Å². The van der Waals surface area contributed by atoms with Crippen LogP contribution in [0.3, 0.4) is 0 Å². The molecule has 0 saturated carbocycles. The minimum atomic E-state index is -0.270. The van der Waals surface area contributed by atoms with Crippen LogP contribution >= 0.6 is 11.6 Å². The maximum atomic E-state index is 12.3. The lowest BCUT2D eigenvalue weighted by atomic mass is 10.1. The molecule has 3 N–H and O–H groups in total. The Hall–Kier alpha value is -2.63. The summed E-state index contributed by atoms with van der Waals surface area (Å²) in [5.41, 5.74) is 3.39. The maximum absolute atomic E-state index is 12.3. The van der Waals surface area contributed by atoms with Gasteiger partial charge in [-0.05, 0) is 23.3 Å². The number of aromatic amines is 1. The normalized spacial score (nSPS) is 10.6. The molecule has 1 heterocycles. The van der Waals surface area contributed by atoms with Gasteiger partial charge in [0, 0.05) is 12.1 Å². The second-order valence-corrected chi connectivity index (χ2v) is 5.66. The highest BCUT2D eigenvalue weighted by atomic mass is 35.5. The van der Waals surface area contributed by atoms with Gasteiger partial charge < -0.3 is 10.4 Å². The quantitative estimate of drug-likeness (QED) is 0.667. The number of carbonyl (C=O) groups is 1. The van der Waals surface area contributed by atoms with Crippen LogP contribution in [-0.4, -0.2) is 21.2 Å². The van der Waals surface area contributed by atoms with E-state index in [4.69, 9.17) is 11.6 Å². The van der Waals surface area contributed by atoms with Crippen molar-refractivity contribution in [3.05, 3.63) is 76.4 Å². The molecule has 5 nitrogen and oxygen atoms in total. The lowest BCUT2D eigenvalue weighted by molar-refractivity contribution is 0.0945. The van der Waals surface area contributed by atoms with E-state index < -0.39 is 0 Å². The summed E-state index contributed by atoms with van der Waals surface area (Å²) in [7, 11) is 0. The lowest BCUT2D eigenvalue weighted by Gasteiger charge is -2.08. The van der Waals surface area contributed by atoms with Crippen molar-refractivity contribution >= 4 is 17.5 Å². The van der Waals surface area contributed by atoms with E-state index in [1.54, 1.807) is 12.1 Å². The zero-order chi connectivity index (χ0) is 16.9. The first-order valence-corrected chi connectivity index (χ1v) is 7.83. The zero-order valence-corrected chi connectivity index (χ0v) is 13.5. The molecule has 0 fully saturated rings. The Kier molecular flexibility index (Phi) is 4.93. The molecule has 1 amide bonds. The number of hydrogen-bond donors (Lipinski definition) is 3. The second-order valence-electron chi connectivity index (χ2n) is 5.26. The third-order valence-electron chi connectivity index (χ3n) is 3.70. The van der Waals surface area contributed by atoms with Gasteiger partial charge in [0.25, 0.3) is 5.91 Å². The van der Waals surface area contributed by atoms with Crippen LogP contribution in [0.2, 0.25) is 5.02 Å². The average molecular weight is 342 g/mol. The summed E-state index contributed by atoms with van der Waals surface area (Å²) in [4.78, 5) is 12.3. The van der Waals surface area contributed by atoms with Crippen LogP contribution in [-0.2, 0) is 13.2 Å². The number of H-pyrrole nitrogens is 1. The predicted molar refractivity (Wildman–Crippen MR) is 92.6 cm³/mol.